The second kappa shape index (κ2) is 5.29. The molecular weight excluding hydrogens is 186 g/mol. The molecule has 0 radical (unpaired) electrons. The molecule has 2 N–H and O–H groups in total. The van der Waals surface area contributed by atoms with Crippen molar-refractivity contribution in [2.45, 2.75) is 44.4 Å². The van der Waals surface area contributed by atoms with Gasteiger partial charge in [-0.15, -0.1) is 0 Å². The summed E-state index contributed by atoms with van der Waals surface area (Å²) in [5.74, 6) is 0. The molecule has 0 bridgehead atoms. The summed E-state index contributed by atoms with van der Waals surface area (Å²) >= 11 is 0. The fourth-order valence-corrected chi connectivity index (χ4v) is 2.19. The zero-order valence-corrected chi connectivity index (χ0v) is 9.02. The van der Waals surface area contributed by atoms with Crippen LogP contribution in [-0.2, 0) is 6.54 Å². The smallest absolute Gasteiger partial charge is 0.0693 e. The average Bonchev–Trinajstić information content (AvgIpc) is 2.29. The second-order valence-corrected chi connectivity index (χ2v) is 4.32. The lowest BCUT2D eigenvalue weighted by Crippen LogP contribution is -2.41. The molecule has 1 fully saturated rings. The monoisotopic (exact) mass is 205 g/mol. The number of benzene rings is 1. The first-order chi connectivity index (χ1) is 7.36. The standard InChI is InChI=1S/C13H19NO/c15-13-9-5-4-8-12(13)14-10-11-6-2-1-3-7-11/h1-3,6-7,12-15H,4-5,8-10H2/t12-,13+/m0/s1. The molecule has 0 aromatic heterocycles. The molecule has 2 heteroatoms. The van der Waals surface area contributed by atoms with Gasteiger partial charge in [0.1, 0.15) is 0 Å². The molecule has 0 saturated heterocycles. The predicted molar refractivity (Wildman–Crippen MR) is 61.5 cm³/mol. The van der Waals surface area contributed by atoms with Gasteiger partial charge in [0.25, 0.3) is 0 Å². The van der Waals surface area contributed by atoms with Crippen LogP contribution in [0, 0.1) is 0 Å². The lowest BCUT2D eigenvalue weighted by atomic mass is 9.92. The normalized spacial score (nSPS) is 26.5. The number of nitrogens with one attached hydrogen (secondary N) is 1. The maximum absolute atomic E-state index is 9.78. The van der Waals surface area contributed by atoms with E-state index in [9.17, 15) is 5.11 Å². The average molecular weight is 205 g/mol. The summed E-state index contributed by atoms with van der Waals surface area (Å²) in [4.78, 5) is 0. The quantitative estimate of drug-likeness (QED) is 0.792. The topological polar surface area (TPSA) is 32.3 Å². The lowest BCUT2D eigenvalue weighted by molar-refractivity contribution is 0.0902. The van der Waals surface area contributed by atoms with E-state index < -0.39 is 0 Å². The maximum Gasteiger partial charge on any atom is 0.0693 e. The van der Waals surface area contributed by atoms with E-state index in [1.54, 1.807) is 0 Å². The van der Waals surface area contributed by atoms with Crippen LogP contribution in [0.25, 0.3) is 0 Å². The minimum atomic E-state index is -0.150. The van der Waals surface area contributed by atoms with Crippen molar-refractivity contribution in [3.05, 3.63) is 35.9 Å². The van der Waals surface area contributed by atoms with E-state index in [0.717, 1.165) is 19.4 Å². The Morgan fingerprint density at radius 2 is 1.87 bits per heavy atom. The van der Waals surface area contributed by atoms with Crippen molar-refractivity contribution in [2.24, 2.45) is 0 Å². The first-order valence-electron chi connectivity index (χ1n) is 5.81. The van der Waals surface area contributed by atoms with Gasteiger partial charge < -0.3 is 10.4 Å². The highest BCUT2D eigenvalue weighted by Crippen LogP contribution is 2.18. The van der Waals surface area contributed by atoms with E-state index >= 15 is 0 Å². The third kappa shape index (κ3) is 3.05. The van der Waals surface area contributed by atoms with Gasteiger partial charge in [0, 0.05) is 12.6 Å². The molecule has 1 saturated carbocycles. The van der Waals surface area contributed by atoms with Crippen molar-refractivity contribution in [3.63, 3.8) is 0 Å². The Bertz CT molecular complexity index is 286. The highest BCUT2D eigenvalue weighted by atomic mass is 16.3. The summed E-state index contributed by atoms with van der Waals surface area (Å²) < 4.78 is 0. The van der Waals surface area contributed by atoms with Crippen LogP contribution < -0.4 is 5.32 Å². The van der Waals surface area contributed by atoms with Crippen LogP contribution in [0.1, 0.15) is 31.2 Å². The van der Waals surface area contributed by atoms with Crippen molar-refractivity contribution < 1.29 is 5.11 Å². The zero-order chi connectivity index (χ0) is 10.5. The number of hydrogen-bond acceptors (Lipinski definition) is 2. The summed E-state index contributed by atoms with van der Waals surface area (Å²) in [6, 6.07) is 10.6. The number of aliphatic hydroxyl groups is 1. The van der Waals surface area contributed by atoms with Gasteiger partial charge in [-0.2, -0.15) is 0 Å². The maximum atomic E-state index is 9.78. The van der Waals surface area contributed by atoms with Gasteiger partial charge in [-0.05, 0) is 18.4 Å². The van der Waals surface area contributed by atoms with E-state index in [2.05, 4.69) is 17.4 Å². The van der Waals surface area contributed by atoms with Crippen LogP contribution in [-0.4, -0.2) is 17.3 Å². The molecular formula is C13H19NO. The second-order valence-electron chi connectivity index (χ2n) is 4.32. The molecule has 2 rings (SSSR count). The molecule has 2 atom stereocenters. The Balaban J connectivity index is 1.82. The summed E-state index contributed by atoms with van der Waals surface area (Å²) in [5.41, 5.74) is 1.29. The minimum absolute atomic E-state index is 0.150. The molecule has 1 aliphatic carbocycles. The SMILES string of the molecule is O[C@@H]1CCCC[C@@H]1NCc1ccccc1. The summed E-state index contributed by atoms with van der Waals surface area (Å²) in [5, 5.41) is 13.2. The first-order valence-corrected chi connectivity index (χ1v) is 5.81. The molecule has 2 nitrogen and oxygen atoms in total. The van der Waals surface area contributed by atoms with Gasteiger partial charge in [-0.25, -0.2) is 0 Å². The lowest BCUT2D eigenvalue weighted by Gasteiger charge is -2.28. The Morgan fingerprint density at radius 1 is 1.13 bits per heavy atom. The van der Waals surface area contributed by atoms with E-state index in [0.29, 0.717) is 6.04 Å². The molecule has 0 heterocycles. The number of hydrogen-bond donors (Lipinski definition) is 2. The van der Waals surface area contributed by atoms with Gasteiger partial charge >= 0.3 is 0 Å². The van der Waals surface area contributed by atoms with E-state index in [1.165, 1.54) is 18.4 Å². The fraction of sp³-hybridized carbons (Fsp3) is 0.538. The van der Waals surface area contributed by atoms with Crippen LogP contribution >= 0.6 is 0 Å². The van der Waals surface area contributed by atoms with E-state index in [4.69, 9.17) is 0 Å². The van der Waals surface area contributed by atoms with Gasteiger partial charge in [-0.3, -0.25) is 0 Å². The van der Waals surface area contributed by atoms with Crippen LogP contribution in [0.2, 0.25) is 0 Å². The number of aliphatic hydroxyl groups excluding tert-OH is 1. The molecule has 0 unspecified atom stereocenters. The van der Waals surface area contributed by atoms with Crippen molar-refractivity contribution in [1.82, 2.24) is 5.32 Å². The van der Waals surface area contributed by atoms with Crippen molar-refractivity contribution in [2.75, 3.05) is 0 Å². The van der Waals surface area contributed by atoms with Crippen molar-refractivity contribution >= 4 is 0 Å². The summed E-state index contributed by atoms with van der Waals surface area (Å²) in [6.07, 6.45) is 4.32. The Hall–Kier alpha value is -0.860. The van der Waals surface area contributed by atoms with Crippen molar-refractivity contribution in [3.8, 4) is 0 Å². The molecule has 1 aliphatic rings. The Labute approximate surface area is 91.3 Å². The molecule has 1 aromatic carbocycles. The van der Waals surface area contributed by atoms with Gasteiger partial charge in [-0.1, -0.05) is 43.2 Å². The van der Waals surface area contributed by atoms with Crippen LogP contribution in [0.3, 0.4) is 0 Å². The zero-order valence-electron chi connectivity index (χ0n) is 9.02. The van der Waals surface area contributed by atoms with Crippen LogP contribution in [0.5, 0.6) is 0 Å². The fourth-order valence-electron chi connectivity index (χ4n) is 2.19. The van der Waals surface area contributed by atoms with Gasteiger partial charge in [0.05, 0.1) is 6.10 Å². The molecule has 0 aliphatic heterocycles. The van der Waals surface area contributed by atoms with E-state index in [-0.39, 0.29) is 6.10 Å². The molecule has 1 aromatic rings. The summed E-state index contributed by atoms with van der Waals surface area (Å²) in [6.45, 7) is 0.864. The minimum Gasteiger partial charge on any atom is -0.392 e. The Kier molecular flexibility index (Phi) is 3.75. The predicted octanol–water partition coefficient (Wildman–Crippen LogP) is 2.08. The molecule has 15 heavy (non-hydrogen) atoms. The number of rotatable bonds is 3. The molecule has 0 spiro atoms. The first kappa shape index (κ1) is 10.7. The third-order valence-corrected chi connectivity index (χ3v) is 3.14. The van der Waals surface area contributed by atoms with Crippen LogP contribution in [0.4, 0.5) is 0 Å². The molecule has 82 valence electrons. The van der Waals surface area contributed by atoms with E-state index in [1.807, 2.05) is 18.2 Å². The van der Waals surface area contributed by atoms with Gasteiger partial charge in [0.2, 0.25) is 0 Å². The van der Waals surface area contributed by atoms with Gasteiger partial charge in [0.15, 0.2) is 0 Å². The summed E-state index contributed by atoms with van der Waals surface area (Å²) in [7, 11) is 0. The van der Waals surface area contributed by atoms with Crippen LogP contribution in [0.15, 0.2) is 30.3 Å². The largest absolute Gasteiger partial charge is 0.392 e. The highest BCUT2D eigenvalue weighted by Gasteiger charge is 2.21. The molecule has 0 amide bonds. The Morgan fingerprint density at radius 3 is 2.60 bits per heavy atom. The third-order valence-electron chi connectivity index (χ3n) is 3.14. The van der Waals surface area contributed by atoms with Crippen molar-refractivity contribution in [1.29, 1.82) is 0 Å². The highest BCUT2D eigenvalue weighted by molar-refractivity contribution is 5.14.